The lowest BCUT2D eigenvalue weighted by atomic mass is 9.77. The SMILES string of the molecule is COc1ccc(C(Nc2ncnc3c2ncn3[C@@H]2O[C@H](COC(c3ccccc3)(c3ccccc3)c3ccc(OC)cc3)[C@@H](O)[C@@H]2O)(c2ccccc2)c2ccccc2)cc1. The third kappa shape index (κ3) is 7.17. The van der Waals surface area contributed by atoms with E-state index < -0.39 is 35.7 Å². The molecule has 1 fully saturated rings. The van der Waals surface area contributed by atoms with Crippen LogP contribution in [0.4, 0.5) is 5.82 Å². The van der Waals surface area contributed by atoms with Crippen LogP contribution in [0.3, 0.4) is 0 Å². The van der Waals surface area contributed by atoms with Crippen molar-refractivity contribution in [3.05, 3.63) is 216 Å². The summed E-state index contributed by atoms with van der Waals surface area (Å²) in [6.07, 6.45) is -1.60. The van der Waals surface area contributed by atoms with E-state index in [0.29, 0.717) is 22.7 Å². The van der Waals surface area contributed by atoms with Gasteiger partial charge in [-0.25, -0.2) is 15.0 Å². The molecular weight excluding hydrogens is 767 g/mol. The van der Waals surface area contributed by atoms with E-state index >= 15 is 0 Å². The first kappa shape index (κ1) is 39.6. The Morgan fingerprint density at radius 3 is 1.54 bits per heavy atom. The Hall–Kier alpha value is -6.89. The molecule has 0 radical (unpaired) electrons. The van der Waals surface area contributed by atoms with Gasteiger partial charge in [-0.15, -0.1) is 0 Å². The molecule has 6 aromatic carbocycles. The molecule has 2 aromatic heterocycles. The molecule has 3 N–H and O–H groups in total. The van der Waals surface area contributed by atoms with Crippen LogP contribution in [0, 0.1) is 0 Å². The average Bonchev–Trinajstić information content (AvgIpc) is 3.89. The average molecular weight is 812 g/mol. The van der Waals surface area contributed by atoms with E-state index in [0.717, 1.165) is 39.1 Å². The van der Waals surface area contributed by atoms with E-state index in [1.54, 1.807) is 25.1 Å². The van der Waals surface area contributed by atoms with E-state index in [1.165, 1.54) is 6.33 Å². The fourth-order valence-electron chi connectivity index (χ4n) is 8.47. The van der Waals surface area contributed by atoms with Crippen molar-refractivity contribution in [2.24, 2.45) is 0 Å². The molecule has 0 unspecified atom stereocenters. The van der Waals surface area contributed by atoms with Gasteiger partial charge >= 0.3 is 0 Å². The van der Waals surface area contributed by atoms with Crippen molar-refractivity contribution in [1.29, 1.82) is 0 Å². The van der Waals surface area contributed by atoms with Crippen molar-refractivity contribution in [3.8, 4) is 11.5 Å². The second-order valence-corrected chi connectivity index (χ2v) is 14.9. The number of rotatable bonds is 14. The molecule has 11 heteroatoms. The van der Waals surface area contributed by atoms with Gasteiger partial charge in [-0.05, 0) is 57.6 Å². The van der Waals surface area contributed by atoms with Crippen molar-refractivity contribution >= 4 is 17.0 Å². The molecule has 306 valence electrons. The van der Waals surface area contributed by atoms with E-state index in [-0.39, 0.29) is 6.61 Å². The number of nitrogens with one attached hydrogen (secondary N) is 1. The highest BCUT2D eigenvalue weighted by Gasteiger charge is 2.47. The molecule has 0 saturated carbocycles. The quantitative estimate of drug-likeness (QED) is 0.0933. The maximum atomic E-state index is 11.7. The normalized spacial score (nSPS) is 17.9. The summed E-state index contributed by atoms with van der Waals surface area (Å²) in [7, 11) is 3.28. The summed E-state index contributed by atoms with van der Waals surface area (Å²) >= 11 is 0. The maximum absolute atomic E-state index is 11.7. The molecule has 11 nitrogen and oxygen atoms in total. The topological polar surface area (TPSA) is 133 Å². The zero-order valence-corrected chi connectivity index (χ0v) is 33.7. The molecule has 8 aromatic rings. The molecule has 61 heavy (non-hydrogen) atoms. The molecule has 9 rings (SSSR count). The smallest absolute Gasteiger partial charge is 0.167 e. The number of hydrogen-bond acceptors (Lipinski definition) is 10. The second-order valence-electron chi connectivity index (χ2n) is 14.9. The highest BCUT2D eigenvalue weighted by Crippen LogP contribution is 2.44. The first-order valence-corrected chi connectivity index (χ1v) is 20.1. The molecule has 0 aliphatic carbocycles. The fraction of sp³-hybridized carbons (Fsp3) is 0.180. The van der Waals surface area contributed by atoms with Crippen molar-refractivity contribution in [2.45, 2.75) is 35.7 Å². The summed E-state index contributed by atoms with van der Waals surface area (Å²) < 4.78 is 26.2. The monoisotopic (exact) mass is 811 g/mol. The number of nitrogens with zero attached hydrogens (tertiary/aromatic N) is 4. The summed E-state index contributed by atoms with van der Waals surface area (Å²) in [6.45, 7) is -0.0719. The number of aromatic nitrogens is 4. The van der Waals surface area contributed by atoms with Crippen molar-refractivity contribution in [3.63, 3.8) is 0 Å². The number of aliphatic hydroxyl groups is 2. The molecular formula is C50H45N5O6. The molecule has 1 saturated heterocycles. The van der Waals surface area contributed by atoms with Gasteiger partial charge < -0.3 is 34.5 Å². The molecule has 1 aliphatic heterocycles. The lowest BCUT2D eigenvalue weighted by molar-refractivity contribution is -0.0942. The lowest BCUT2D eigenvalue weighted by Gasteiger charge is -2.37. The minimum absolute atomic E-state index is 0.0719. The van der Waals surface area contributed by atoms with E-state index in [1.807, 2.05) is 146 Å². The highest BCUT2D eigenvalue weighted by atomic mass is 16.6. The van der Waals surface area contributed by atoms with Crippen LogP contribution < -0.4 is 14.8 Å². The number of fused-ring (bicyclic) bond motifs is 1. The predicted molar refractivity (Wildman–Crippen MR) is 232 cm³/mol. The lowest BCUT2D eigenvalue weighted by Crippen LogP contribution is -2.39. The second kappa shape index (κ2) is 17.0. The van der Waals surface area contributed by atoms with Crippen LogP contribution in [0.25, 0.3) is 11.2 Å². The van der Waals surface area contributed by atoms with Gasteiger partial charge in [0.05, 0.1) is 27.2 Å². The number of aliphatic hydroxyl groups excluding tert-OH is 2. The number of hydrogen-bond donors (Lipinski definition) is 3. The minimum atomic E-state index is -1.34. The van der Waals surface area contributed by atoms with Gasteiger partial charge in [-0.1, -0.05) is 146 Å². The van der Waals surface area contributed by atoms with Crippen LogP contribution in [0.15, 0.2) is 183 Å². The Kier molecular flexibility index (Phi) is 11.0. The Balaban J connectivity index is 1.07. The van der Waals surface area contributed by atoms with Gasteiger partial charge in [0, 0.05) is 0 Å². The van der Waals surface area contributed by atoms with Crippen LogP contribution in [-0.2, 0) is 20.6 Å². The molecule has 1 aliphatic rings. The van der Waals surface area contributed by atoms with Gasteiger partial charge in [-0.3, -0.25) is 4.57 Å². The third-order valence-electron chi connectivity index (χ3n) is 11.5. The number of methoxy groups -OCH3 is 2. The van der Waals surface area contributed by atoms with Crippen LogP contribution >= 0.6 is 0 Å². The Bertz CT molecular complexity index is 2590. The van der Waals surface area contributed by atoms with Gasteiger partial charge in [-0.2, -0.15) is 0 Å². The van der Waals surface area contributed by atoms with Crippen molar-refractivity contribution in [1.82, 2.24) is 19.5 Å². The van der Waals surface area contributed by atoms with Crippen LogP contribution in [0.5, 0.6) is 11.5 Å². The summed E-state index contributed by atoms with van der Waals surface area (Å²) in [5, 5.41) is 27.1. The van der Waals surface area contributed by atoms with Crippen LogP contribution in [-0.4, -0.2) is 68.9 Å². The molecule has 3 heterocycles. The first-order valence-electron chi connectivity index (χ1n) is 20.1. The van der Waals surface area contributed by atoms with E-state index in [4.69, 9.17) is 28.9 Å². The first-order chi connectivity index (χ1) is 30.0. The van der Waals surface area contributed by atoms with Crippen LogP contribution in [0.1, 0.15) is 39.6 Å². The summed E-state index contributed by atoms with van der Waals surface area (Å²) in [5.74, 6) is 1.89. The standard InChI is InChI=1S/C50H45N5O6/c1-58-40-27-23-36(24-28-40)49(34-15-7-3-8-16-34,35-17-9-4-10-18-35)54-46-43-47(52-32-51-46)55(33-53-43)48-45(57)44(56)42(61-48)31-60-50(37-19-11-5-12-20-37,38-21-13-6-14-22-38)39-25-29-41(59-2)30-26-39/h3-30,32-33,42,44-45,48,56-57H,31H2,1-2H3,(H,51,52,54)/t42-,44-,45+,48-/m1/s1. The Morgan fingerprint density at radius 1 is 0.574 bits per heavy atom. The highest BCUT2D eigenvalue weighted by molar-refractivity contribution is 5.84. The predicted octanol–water partition coefficient (Wildman–Crippen LogP) is 7.88. The summed E-state index contributed by atoms with van der Waals surface area (Å²) in [5.41, 5.74) is 4.29. The summed E-state index contributed by atoms with van der Waals surface area (Å²) in [6, 6.07) is 55.9. The van der Waals surface area contributed by atoms with Gasteiger partial charge in [0.1, 0.15) is 47.3 Å². The number of anilines is 1. The van der Waals surface area contributed by atoms with E-state index in [9.17, 15) is 10.2 Å². The largest absolute Gasteiger partial charge is 0.497 e. The fourth-order valence-corrected chi connectivity index (χ4v) is 8.47. The maximum Gasteiger partial charge on any atom is 0.167 e. The van der Waals surface area contributed by atoms with Gasteiger partial charge in [0.15, 0.2) is 23.2 Å². The van der Waals surface area contributed by atoms with Gasteiger partial charge in [0.25, 0.3) is 0 Å². The third-order valence-corrected chi connectivity index (χ3v) is 11.5. The number of benzene rings is 6. The molecule has 4 atom stereocenters. The zero-order valence-electron chi connectivity index (χ0n) is 33.7. The molecule has 0 spiro atoms. The Labute approximate surface area is 353 Å². The Morgan fingerprint density at radius 2 is 1.03 bits per heavy atom. The van der Waals surface area contributed by atoms with Gasteiger partial charge in [0.2, 0.25) is 0 Å². The minimum Gasteiger partial charge on any atom is -0.497 e. The van der Waals surface area contributed by atoms with Crippen molar-refractivity contribution < 1.29 is 29.2 Å². The molecule has 0 bridgehead atoms. The number of imidazole rings is 1. The van der Waals surface area contributed by atoms with E-state index in [2.05, 4.69) is 34.6 Å². The zero-order chi connectivity index (χ0) is 41.8. The van der Waals surface area contributed by atoms with Crippen molar-refractivity contribution in [2.75, 3.05) is 26.1 Å². The van der Waals surface area contributed by atoms with Crippen LogP contribution in [0.2, 0.25) is 0 Å². The number of ether oxygens (including phenoxy) is 4. The molecule has 0 amide bonds. The summed E-state index contributed by atoms with van der Waals surface area (Å²) in [4.78, 5) is 14.2.